The summed E-state index contributed by atoms with van der Waals surface area (Å²) in [6, 6.07) is 0. The number of carbonyl (C=O) groups excluding carboxylic acids is 1. The van der Waals surface area contributed by atoms with Crippen LogP contribution in [0.15, 0.2) is 0 Å². The smallest absolute Gasteiger partial charge is 0.222 e. The molecule has 1 amide bonds. The Morgan fingerprint density at radius 3 is 2.67 bits per heavy atom. The minimum Gasteiger partial charge on any atom is -0.342 e. The molecule has 1 atom stereocenters. The summed E-state index contributed by atoms with van der Waals surface area (Å²) in [7, 11) is 0. The standard InChI is InChI=1S/C10H19NO/c1-4-10(12)11-6-5-9(7-11)8(2)3/h8-9H,4-7H2,1-3H3. The molecule has 0 radical (unpaired) electrons. The molecular formula is C10H19NO. The van der Waals surface area contributed by atoms with Gasteiger partial charge in [-0.1, -0.05) is 20.8 Å². The molecule has 2 heteroatoms. The van der Waals surface area contributed by atoms with Crippen LogP contribution in [-0.4, -0.2) is 23.9 Å². The van der Waals surface area contributed by atoms with Crippen LogP contribution in [0.1, 0.15) is 33.6 Å². The van der Waals surface area contributed by atoms with Crippen LogP contribution in [0.4, 0.5) is 0 Å². The molecule has 0 spiro atoms. The molecule has 0 aromatic rings. The predicted octanol–water partition coefficient (Wildman–Crippen LogP) is 1.90. The van der Waals surface area contributed by atoms with E-state index in [1.165, 1.54) is 6.42 Å². The van der Waals surface area contributed by atoms with E-state index < -0.39 is 0 Å². The normalized spacial score (nSPS) is 23.7. The van der Waals surface area contributed by atoms with Crippen LogP contribution in [0.3, 0.4) is 0 Å². The van der Waals surface area contributed by atoms with E-state index in [2.05, 4.69) is 13.8 Å². The van der Waals surface area contributed by atoms with Crippen molar-refractivity contribution in [1.82, 2.24) is 4.90 Å². The van der Waals surface area contributed by atoms with E-state index in [0.717, 1.165) is 24.9 Å². The van der Waals surface area contributed by atoms with Crippen molar-refractivity contribution in [2.75, 3.05) is 13.1 Å². The first-order chi connectivity index (χ1) is 5.65. The summed E-state index contributed by atoms with van der Waals surface area (Å²) in [5.41, 5.74) is 0. The lowest BCUT2D eigenvalue weighted by molar-refractivity contribution is -0.129. The van der Waals surface area contributed by atoms with E-state index in [4.69, 9.17) is 0 Å². The van der Waals surface area contributed by atoms with Crippen molar-refractivity contribution in [1.29, 1.82) is 0 Å². The van der Waals surface area contributed by atoms with E-state index in [-0.39, 0.29) is 0 Å². The van der Waals surface area contributed by atoms with Gasteiger partial charge in [-0.2, -0.15) is 0 Å². The van der Waals surface area contributed by atoms with Gasteiger partial charge in [-0.3, -0.25) is 4.79 Å². The van der Waals surface area contributed by atoms with Gasteiger partial charge >= 0.3 is 0 Å². The lowest BCUT2D eigenvalue weighted by Gasteiger charge is -2.17. The van der Waals surface area contributed by atoms with Crippen LogP contribution in [-0.2, 0) is 4.79 Å². The quantitative estimate of drug-likeness (QED) is 0.618. The van der Waals surface area contributed by atoms with Crippen molar-refractivity contribution in [3.05, 3.63) is 0 Å². The van der Waals surface area contributed by atoms with Gasteiger partial charge in [-0.25, -0.2) is 0 Å². The Hall–Kier alpha value is -0.530. The number of likely N-dealkylation sites (tertiary alicyclic amines) is 1. The van der Waals surface area contributed by atoms with Gasteiger partial charge in [-0.05, 0) is 18.3 Å². The Morgan fingerprint density at radius 2 is 2.25 bits per heavy atom. The van der Waals surface area contributed by atoms with Gasteiger partial charge in [0.25, 0.3) is 0 Å². The summed E-state index contributed by atoms with van der Waals surface area (Å²) in [4.78, 5) is 13.3. The number of hydrogen-bond donors (Lipinski definition) is 0. The highest BCUT2D eigenvalue weighted by molar-refractivity contribution is 5.76. The molecule has 70 valence electrons. The van der Waals surface area contributed by atoms with E-state index in [0.29, 0.717) is 12.3 Å². The van der Waals surface area contributed by atoms with Crippen molar-refractivity contribution in [3.63, 3.8) is 0 Å². The largest absolute Gasteiger partial charge is 0.342 e. The van der Waals surface area contributed by atoms with Gasteiger partial charge in [0.2, 0.25) is 5.91 Å². The molecule has 1 rings (SSSR count). The molecule has 2 nitrogen and oxygen atoms in total. The van der Waals surface area contributed by atoms with Crippen LogP contribution in [0.2, 0.25) is 0 Å². The van der Waals surface area contributed by atoms with Crippen molar-refractivity contribution in [3.8, 4) is 0 Å². The molecule has 0 saturated carbocycles. The zero-order valence-corrected chi connectivity index (χ0v) is 8.34. The average molecular weight is 169 g/mol. The summed E-state index contributed by atoms with van der Waals surface area (Å²) in [6.45, 7) is 8.39. The molecule has 1 aliphatic rings. The van der Waals surface area contributed by atoms with Gasteiger partial charge in [-0.15, -0.1) is 0 Å². The highest BCUT2D eigenvalue weighted by atomic mass is 16.2. The van der Waals surface area contributed by atoms with E-state index in [1.54, 1.807) is 0 Å². The molecule has 0 bridgehead atoms. The zero-order chi connectivity index (χ0) is 9.14. The minimum absolute atomic E-state index is 0.318. The van der Waals surface area contributed by atoms with E-state index in [9.17, 15) is 4.79 Å². The van der Waals surface area contributed by atoms with Crippen molar-refractivity contribution in [2.24, 2.45) is 11.8 Å². The first-order valence-corrected chi connectivity index (χ1v) is 4.93. The minimum atomic E-state index is 0.318. The van der Waals surface area contributed by atoms with Crippen molar-refractivity contribution >= 4 is 5.91 Å². The molecule has 0 aromatic heterocycles. The summed E-state index contributed by atoms with van der Waals surface area (Å²) < 4.78 is 0. The van der Waals surface area contributed by atoms with E-state index >= 15 is 0 Å². The number of carbonyl (C=O) groups is 1. The highest BCUT2D eigenvalue weighted by Gasteiger charge is 2.26. The number of nitrogens with zero attached hydrogens (tertiary/aromatic N) is 1. The fraction of sp³-hybridized carbons (Fsp3) is 0.900. The maximum Gasteiger partial charge on any atom is 0.222 e. The lowest BCUT2D eigenvalue weighted by Crippen LogP contribution is -2.28. The Balaban J connectivity index is 2.40. The Bertz CT molecular complexity index is 165. The van der Waals surface area contributed by atoms with Gasteiger partial charge in [0.15, 0.2) is 0 Å². The zero-order valence-electron chi connectivity index (χ0n) is 8.34. The molecule has 0 aromatic carbocycles. The average Bonchev–Trinajstić information content (AvgIpc) is 2.51. The topological polar surface area (TPSA) is 20.3 Å². The van der Waals surface area contributed by atoms with Gasteiger partial charge < -0.3 is 4.90 Å². The fourth-order valence-electron chi connectivity index (χ4n) is 1.78. The second-order valence-corrected chi connectivity index (χ2v) is 3.99. The van der Waals surface area contributed by atoms with Crippen LogP contribution in [0, 0.1) is 11.8 Å². The molecule has 1 fully saturated rings. The third-order valence-electron chi connectivity index (χ3n) is 2.82. The Labute approximate surface area is 74.9 Å². The van der Waals surface area contributed by atoms with Crippen LogP contribution in [0.5, 0.6) is 0 Å². The Morgan fingerprint density at radius 1 is 1.58 bits per heavy atom. The maximum absolute atomic E-state index is 11.3. The summed E-state index contributed by atoms with van der Waals surface area (Å²) >= 11 is 0. The van der Waals surface area contributed by atoms with Crippen molar-refractivity contribution in [2.45, 2.75) is 33.6 Å². The maximum atomic E-state index is 11.3. The molecule has 12 heavy (non-hydrogen) atoms. The first-order valence-electron chi connectivity index (χ1n) is 4.93. The van der Waals surface area contributed by atoms with Gasteiger partial charge in [0.1, 0.15) is 0 Å². The van der Waals surface area contributed by atoms with Crippen LogP contribution in [0.25, 0.3) is 0 Å². The molecule has 1 aliphatic heterocycles. The summed E-state index contributed by atoms with van der Waals surface area (Å²) in [5.74, 6) is 1.78. The first kappa shape index (κ1) is 9.56. The third-order valence-corrected chi connectivity index (χ3v) is 2.82. The Kier molecular flexibility index (Phi) is 3.12. The number of rotatable bonds is 2. The van der Waals surface area contributed by atoms with E-state index in [1.807, 2.05) is 11.8 Å². The SMILES string of the molecule is CCC(=O)N1CCC(C(C)C)C1. The summed E-state index contributed by atoms with van der Waals surface area (Å²) in [5, 5.41) is 0. The second-order valence-electron chi connectivity index (χ2n) is 3.99. The highest BCUT2D eigenvalue weighted by Crippen LogP contribution is 2.23. The van der Waals surface area contributed by atoms with Crippen LogP contribution >= 0.6 is 0 Å². The molecule has 0 N–H and O–H groups in total. The number of amides is 1. The predicted molar refractivity (Wildman–Crippen MR) is 49.8 cm³/mol. The molecule has 0 aliphatic carbocycles. The molecule has 1 saturated heterocycles. The molecule has 1 heterocycles. The van der Waals surface area contributed by atoms with Crippen LogP contribution < -0.4 is 0 Å². The van der Waals surface area contributed by atoms with Crippen molar-refractivity contribution < 1.29 is 4.79 Å². The van der Waals surface area contributed by atoms with Gasteiger partial charge in [0.05, 0.1) is 0 Å². The third kappa shape index (κ3) is 1.99. The monoisotopic (exact) mass is 169 g/mol. The lowest BCUT2D eigenvalue weighted by atomic mass is 9.95. The summed E-state index contributed by atoms with van der Waals surface area (Å²) in [6.07, 6.45) is 1.86. The molecular weight excluding hydrogens is 150 g/mol. The number of hydrogen-bond acceptors (Lipinski definition) is 1. The van der Waals surface area contributed by atoms with Gasteiger partial charge in [0, 0.05) is 19.5 Å². The molecule has 1 unspecified atom stereocenters. The fourth-order valence-corrected chi connectivity index (χ4v) is 1.78. The second kappa shape index (κ2) is 3.92.